The highest BCUT2D eigenvalue weighted by molar-refractivity contribution is 5.58. The average Bonchev–Trinajstić information content (AvgIpc) is 2.53. The van der Waals surface area contributed by atoms with Crippen molar-refractivity contribution >= 4 is 5.69 Å². The van der Waals surface area contributed by atoms with Gasteiger partial charge in [0.15, 0.2) is 0 Å². The highest BCUT2D eigenvalue weighted by atomic mass is 16.5. The number of nitrogens with two attached hydrogens (primary N) is 1. The number of nitrogens with zero attached hydrogens (tertiary/aromatic N) is 1. The molecule has 21 heavy (non-hydrogen) atoms. The summed E-state index contributed by atoms with van der Waals surface area (Å²) < 4.78 is 5.35. The number of hydrogen-bond acceptors (Lipinski definition) is 4. The molecular formula is C17H26N2O2. The number of rotatable bonds is 3. The molecule has 2 unspecified atom stereocenters. The molecule has 0 spiro atoms. The van der Waals surface area contributed by atoms with E-state index in [2.05, 4.69) is 17.0 Å². The second-order valence-corrected chi connectivity index (χ2v) is 6.44. The topological polar surface area (TPSA) is 58.7 Å². The van der Waals surface area contributed by atoms with Gasteiger partial charge in [-0.05, 0) is 30.9 Å². The van der Waals surface area contributed by atoms with E-state index in [0.29, 0.717) is 12.5 Å². The Morgan fingerprint density at radius 3 is 3.00 bits per heavy atom. The zero-order valence-corrected chi connectivity index (χ0v) is 12.8. The number of hydrogen-bond donors (Lipinski definition) is 2. The van der Waals surface area contributed by atoms with Crippen molar-refractivity contribution in [2.45, 2.75) is 44.2 Å². The minimum absolute atomic E-state index is 0.386. The van der Waals surface area contributed by atoms with Crippen molar-refractivity contribution in [1.29, 1.82) is 0 Å². The molecule has 2 aliphatic rings. The number of fused-ring (bicyclic) bond motifs is 1. The summed E-state index contributed by atoms with van der Waals surface area (Å²) in [6.07, 6.45) is 5.37. The van der Waals surface area contributed by atoms with Crippen LogP contribution in [0.5, 0.6) is 5.75 Å². The van der Waals surface area contributed by atoms with E-state index in [1.54, 1.807) is 7.11 Å². The van der Waals surface area contributed by atoms with Crippen molar-refractivity contribution in [2.75, 3.05) is 25.1 Å². The van der Waals surface area contributed by atoms with Crippen molar-refractivity contribution in [3.8, 4) is 5.75 Å². The van der Waals surface area contributed by atoms with Crippen LogP contribution in [-0.4, -0.2) is 30.9 Å². The maximum atomic E-state index is 10.8. The zero-order chi connectivity index (χ0) is 14.9. The van der Waals surface area contributed by atoms with Gasteiger partial charge < -0.3 is 20.5 Å². The lowest BCUT2D eigenvalue weighted by molar-refractivity contribution is -0.0612. The Hall–Kier alpha value is -1.26. The summed E-state index contributed by atoms with van der Waals surface area (Å²) in [5.74, 6) is 1.25. The number of ether oxygens (including phenoxy) is 1. The molecule has 1 heterocycles. The van der Waals surface area contributed by atoms with Gasteiger partial charge in [-0.1, -0.05) is 18.9 Å². The lowest BCUT2D eigenvalue weighted by Gasteiger charge is -2.48. The van der Waals surface area contributed by atoms with Gasteiger partial charge in [-0.2, -0.15) is 0 Å². The van der Waals surface area contributed by atoms with E-state index in [-0.39, 0.29) is 0 Å². The Balaban J connectivity index is 1.84. The Bertz CT molecular complexity index is 506. The van der Waals surface area contributed by atoms with Crippen molar-refractivity contribution in [2.24, 2.45) is 11.7 Å². The number of anilines is 1. The molecule has 1 aromatic carbocycles. The molecule has 3 N–H and O–H groups in total. The molecule has 1 saturated carbocycles. The van der Waals surface area contributed by atoms with E-state index in [9.17, 15) is 5.11 Å². The van der Waals surface area contributed by atoms with Crippen molar-refractivity contribution in [1.82, 2.24) is 0 Å². The van der Waals surface area contributed by atoms with Crippen LogP contribution in [0.1, 0.15) is 37.7 Å². The normalized spacial score (nSPS) is 29.1. The third kappa shape index (κ3) is 2.74. The Morgan fingerprint density at radius 2 is 2.24 bits per heavy atom. The summed E-state index contributed by atoms with van der Waals surface area (Å²) in [6, 6.07) is 6.10. The molecule has 116 valence electrons. The van der Waals surface area contributed by atoms with Gasteiger partial charge in [0.25, 0.3) is 0 Å². The molecule has 0 bridgehead atoms. The zero-order valence-electron chi connectivity index (χ0n) is 12.8. The van der Waals surface area contributed by atoms with E-state index in [0.717, 1.165) is 43.7 Å². The van der Waals surface area contributed by atoms with E-state index in [1.807, 2.05) is 6.07 Å². The predicted molar refractivity (Wildman–Crippen MR) is 84.6 cm³/mol. The number of aliphatic hydroxyl groups is 1. The van der Waals surface area contributed by atoms with Crippen LogP contribution in [0.2, 0.25) is 0 Å². The van der Waals surface area contributed by atoms with Crippen LogP contribution in [0.3, 0.4) is 0 Å². The SMILES string of the molecule is COc1ccc(CN)c(N2CCC3(O)CCCCC3C2)c1. The minimum Gasteiger partial charge on any atom is -0.497 e. The van der Waals surface area contributed by atoms with E-state index in [4.69, 9.17) is 10.5 Å². The van der Waals surface area contributed by atoms with Gasteiger partial charge in [0.05, 0.1) is 12.7 Å². The average molecular weight is 290 g/mol. The summed E-state index contributed by atoms with van der Waals surface area (Å²) in [5.41, 5.74) is 7.78. The summed E-state index contributed by atoms with van der Waals surface area (Å²) >= 11 is 0. The Morgan fingerprint density at radius 1 is 1.38 bits per heavy atom. The van der Waals surface area contributed by atoms with Gasteiger partial charge >= 0.3 is 0 Å². The molecule has 3 rings (SSSR count). The largest absolute Gasteiger partial charge is 0.497 e. The summed E-state index contributed by atoms with van der Waals surface area (Å²) in [6.45, 7) is 2.36. The molecule has 0 amide bonds. The molecule has 4 heteroatoms. The second kappa shape index (κ2) is 5.85. The van der Waals surface area contributed by atoms with Gasteiger partial charge in [-0.25, -0.2) is 0 Å². The summed E-state index contributed by atoms with van der Waals surface area (Å²) in [4.78, 5) is 2.38. The van der Waals surface area contributed by atoms with Crippen molar-refractivity contribution in [3.63, 3.8) is 0 Å². The van der Waals surface area contributed by atoms with Gasteiger partial charge in [0.1, 0.15) is 5.75 Å². The second-order valence-electron chi connectivity index (χ2n) is 6.44. The molecule has 2 fully saturated rings. The van der Waals surface area contributed by atoms with Gasteiger partial charge in [-0.3, -0.25) is 0 Å². The van der Waals surface area contributed by atoms with E-state index in [1.165, 1.54) is 18.5 Å². The Labute approximate surface area is 126 Å². The van der Waals surface area contributed by atoms with Crippen LogP contribution in [0.25, 0.3) is 0 Å². The first kappa shape index (κ1) is 14.7. The molecule has 2 atom stereocenters. The van der Waals surface area contributed by atoms with Crippen LogP contribution in [-0.2, 0) is 6.54 Å². The Kier molecular flexibility index (Phi) is 4.09. The molecule has 1 saturated heterocycles. The maximum Gasteiger partial charge on any atom is 0.120 e. The van der Waals surface area contributed by atoms with Crippen LogP contribution in [0.15, 0.2) is 18.2 Å². The standard InChI is InChI=1S/C17H26N2O2/c1-21-15-6-5-13(11-18)16(10-15)19-9-8-17(20)7-3-2-4-14(17)12-19/h5-6,10,14,20H,2-4,7-9,11-12,18H2,1H3. The molecular weight excluding hydrogens is 264 g/mol. The molecule has 1 aliphatic carbocycles. The lowest BCUT2D eigenvalue weighted by Crippen LogP contribution is -2.53. The highest BCUT2D eigenvalue weighted by Crippen LogP contribution is 2.41. The van der Waals surface area contributed by atoms with E-state index < -0.39 is 5.60 Å². The third-order valence-corrected chi connectivity index (χ3v) is 5.28. The fourth-order valence-electron chi connectivity index (χ4n) is 3.93. The lowest BCUT2D eigenvalue weighted by atomic mass is 9.71. The monoisotopic (exact) mass is 290 g/mol. The summed E-state index contributed by atoms with van der Waals surface area (Å²) in [5, 5.41) is 10.8. The fraction of sp³-hybridized carbons (Fsp3) is 0.647. The molecule has 0 aromatic heterocycles. The smallest absolute Gasteiger partial charge is 0.120 e. The minimum atomic E-state index is -0.434. The quantitative estimate of drug-likeness (QED) is 0.896. The van der Waals surface area contributed by atoms with Crippen LogP contribution in [0, 0.1) is 5.92 Å². The third-order valence-electron chi connectivity index (χ3n) is 5.28. The van der Waals surface area contributed by atoms with Crippen molar-refractivity contribution in [3.05, 3.63) is 23.8 Å². The number of piperidine rings is 1. The van der Waals surface area contributed by atoms with Crippen molar-refractivity contribution < 1.29 is 9.84 Å². The van der Waals surface area contributed by atoms with E-state index >= 15 is 0 Å². The molecule has 1 aliphatic heterocycles. The number of benzene rings is 1. The van der Waals surface area contributed by atoms with Crippen LogP contribution in [0.4, 0.5) is 5.69 Å². The highest BCUT2D eigenvalue weighted by Gasteiger charge is 2.42. The van der Waals surface area contributed by atoms with Gasteiger partial charge in [-0.15, -0.1) is 0 Å². The first-order valence-electron chi connectivity index (χ1n) is 8.00. The molecule has 0 radical (unpaired) electrons. The first-order chi connectivity index (χ1) is 10.2. The molecule has 1 aromatic rings. The van der Waals surface area contributed by atoms with Crippen LogP contribution < -0.4 is 15.4 Å². The number of methoxy groups -OCH3 is 1. The van der Waals surface area contributed by atoms with Gasteiger partial charge in [0, 0.05) is 37.3 Å². The first-order valence-corrected chi connectivity index (χ1v) is 8.00. The summed E-state index contributed by atoms with van der Waals surface area (Å²) in [7, 11) is 1.69. The molecule has 4 nitrogen and oxygen atoms in total. The van der Waals surface area contributed by atoms with Gasteiger partial charge in [0.2, 0.25) is 0 Å². The van der Waals surface area contributed by atoms with Crippen LogP contribution >= 0.6 is 0 Å². The predicted octanol–water partition coefficient (Wildman–Crippen LogP) is 2.29. The fourth-order valence-corrected chi connectivity index (χ4v) is 3.93. The maximum absolute atomic E-state index is 10.8.